The Labute approximate surface area is 293 Å². The van der Waals surface area contributed by atoms with Crippen molar-refractivity contribution in [3.05, 3.63) is 47.9 Å². The normalized spacial score (nSPS) is 24.5. The van der Waals surface area contributed by atoms with Gasteiger partial charge in [-0.25, -0.2) is 28.5 Å². The molecule has 1 N–H and O–H groups in total. The van der Waals surface area contributed by atoms with E-state index in [2.05, 4.69) is 33.6 Å². The minimum Gasteiger partial charge on any atom is -0.480 e. The number of nitrogens with zero attached hydrogens (tertiary/aromatic N) is 5. The number of ether oxygens (including phenoxy) is 4. The van der Waals surface area contributed by atoms with Gasteiger partial charge in [0, 0.05) is 43.1 Å². The largest absolute Gasteiger partial charge is 0.480 e. The van der Waals surface area contributed by atoms with Crippen LogP contribution in [0.15, 0.2) is 40.9 Å². The Kier molecular flexibility index (Phi) is 9.12. The maximum absolute atomic E-state index is 14.1. The molecule has 1 unspecified atom stereocenters. The average Bonchev–Trinajstić information content (AvgIpc) is 3.72. The number of halogens is 2. The molecule has 0 amide bonds. The van der Waals surface area contributed by atoms with Gasteiger partial charge in [0.05, 0.1) is 38.5 Å². The fourth-order valence-electron chi connectivity index (χ4n) is 7.54. The second kappa shape index (κ2) is 13.9. The monoisotopic (exact) mass is 703 g/mol. The Balaban J connectivity index is 1.10. The van der Waals surface area contributed by atoms with Crippen molar-refractivity contribution in [1.29, 1.82) is 0 Å². The molecule has 3 aromatic heterocycles. The van der Waals surface area contributed by atoms with Crippen LogP contribution in [0, 0.1) is 11.8 Å². The van der Waals surface area contributed by atoms with Crippen LogP contribution < -0.4 is 14.5 Å². The molecule has 8 rings (SSSR count). The number of furan rings is 1. The summed E-state index contributed by atoms with van der Waals surface area (Å²) in [6.45, 7) is 4.94. The molecule has 0 radical (unpaired) electrons. The van der Waals surface area contributed by atoms with E-state index in [9.17, 15) is 18.7 Å². The van der Waals surface area contributed by atoms with Gasteiger partial charge in [-0.2, -0.15) is 0 Å². The zero-order valence-electron chi connectivity index (χ0n) is 28.2. The molecule has 4 atom stereocenters. The number of alkyl halides is 2. The number of benzene rings is 1. The molecule has 0 bridgehead atoms. The molecule has 14 heteroatoms. The summed E-state index contributed by atoms with van der Waals surface area (Å²) in [5.74, 6) is 4.99. The fraction of sp³-hybridized carbons (Fsp3) is 0.514. The predicted molar refractivity (Wildman–Crippen MR) is 182 cm³/mol. The van der Waals surface area contributed by atoms with Gasteiger partial charge in [0.15, 0.2) is 17.2 Å². The van der Waals surface area contributed by atoms with Crippen molar-refractivity contribution in [1.82, 2.24) is 15.0 Å². The van der Waals surface area contributed by atoms with Gasteiger partial charge in [-0.3, -0.25) is 0 Å². The van der Waals surface area contributed by atoms with Gasteiger partial charge < -0.3 is 38.3 Å². The van der Waals surface area contributed by atoms with Crippen molar-refractivity contribution < 1.29 is 42.0 Å². The molecule has 4 aliphatic rings. The third-order valence-corrected chi connectivity index (χ3v) is 10.4. The molecule has 51 heavy (non-hydrogen) atoms. The van der Waals surface area contributed by atoms with Gasteiger partial charge in [-0.15, -0.1) is 0 Å². The lowest BCUT2D eigenvalue weighted by Crippen LogP contribution is -2.68. The quantitative estimate of drug-likeness (QED) is 0.232. The number of fused-ring (bicyclic) bond motifs is 3. The van der Waals surface area contributed by atoms with E-state index >= 15 is 0 Å². The average molecular weight is 704 g/mol. The van der Waals surface area contributed by atoms with Crippen LogP contribution in [0.2, 0.25) is 0 Å². The van der Waals surface area contributed by atoms with E-state index in [1.54, 1.807) is 30.5 Å². The van der Waals surface area contributed by atoms with Crippen LogP contribution in [0.4, 0.5) is 20.3 Å². The number of hydrogen-bond acceptors (Lipinski definition) is 11. The van der Waals surface area contributed by atoms with Crippen LogP contribution in [-0.2, 0) is 19.0 Å². The summed E-state index contributed by atoms with van der Waals surface area (Å²) in [5, 5.41) is 10.9. The number of morpholine rings is 1. The maximum atomic E-state index is 14.1. The number of carboxylic acids is 1. The Morgan fingerprint density at radius 2 is 2.04 bits per heavy atom. The first kappa shape index (κ1) is 33.6. The second-order valence-corrected chi connectivity index (χ2v) is 13.6. The molecule has 4 aliphatic heterocycles. The van der Waals surface area contributed by atoms with Crippen LogP contribution in [0.5, 0.6) is 5.88 Å². The van der Waals surface area contributed by atoms with Gasteiger partial charge in [0.2, 0.25) is 5.88 Å². The molecule has 1 spiro atoms. The lowest BCUT2D eigenvalue weighted by Gasteiger charge is -2.53. The third-order valence-electron chi connectivity index (χ3n) is 10.4. The Morgan fingerprint density at radius 1 is 1.18 bits per heavy atom. The van der Waals surface area contributed by atoms with Gasteiger partial charge in [0.25, 0.3) is 6.43 Å². The number of anilines is 2. The van der Waals surface area contributed by atoms with Crippen LogP contribution >= 0.6 is 0 Å². The molecule has 4 saturated heterocycles. The fourth-order valence-corrected chi connectivity index (χ4v) is 7.54. The molecule has 0 saturated carbocycles. The van der Waals surface area contributed by atoms with E-state index in [1.165, 1.54) is 11.3 Å². The Morgan fingerprint density at radius 3 is 2.80 bits per heavy atom. The highest BCUT2D eigenvalue weighted by Gasteiger charge is 2.50. The lowest BCUT2D eigenvalue weighted by molar-refractivity contribution is -0.228. The van der Waals surface area contributed by atoms with Crippen molar-refractivity contribution >= 4 is 39.5 Å². The molecule has 0 aliphatic carbocycles. The summed E-state index contributed by atoms with van der Waals surface area (Å²) in [4.78, 5) is 29.3. The molecule has 4 fully saturated rings. The van der Waals surface area contributed by atoms with Crippen molar-refractivity contribution in [3.63, 3.8) is 0 Å². The van der Waals surface area contributed by atoms with Crippen LogP contribution in [0.25, 0.3) is 22.1 Å². The van der Waals surface area contributed by atoms with Crippen molar-refractivity contribution in [2.75, 3.05) is 49.3 Å². The molecule has 268 valence electrons. The van der Waals surface area contributed by atoms with E-state index in [0.717, 1.165) is 31.4 Å². The molecular formula is C37H39F2N5O7. The minimum absolute atomic E-state index is 0.0174. The number of hydrogen-bond donors (Lipinski definition) is 1. The highest BCUT2D eigenvalue weighted by Crippen LogP contribution is 2.41. The lowest BCUT2D eigenvalue weighted by atomic mass is 9.90. The van der Waals surface area contributed by atoms with E-state index in [1.807, 2.05) is 6.07 Å². The summed E-state index contributed by atoms with van der Waals surface area (Å²) < 4.78 is 58.3. The van der Waals surface area contributed by atoms with E-state index < -0.39 is 36.0 Å². The van der Waals surface area contributed by atoms with Crippen LogP contribution in [-0.4, -0.2) is 95.4 Å². The molecule has 7 heterocycles. The zero-order valence-corrected chi connectivity index (χ0v) is 28.2. The third kappa shape index (κ3) is 6.43. The first-order valence-electron chi connectivity index (χ1n) is 17.5. The number of aliphatic carboxylic acids is 1. The smallest absolute Gasteiger partial charge is 0.326 e. The van der Waals surface area contributed by atoms with E-state index in [-0.39, 0.29) is 42.0 Å². The number of para-hydroxylation sites is 1. The topological polar surface area (TPSA) is 133 Å². The van der Waals surface area contributed by atoms with E-state index in [4.69, 9.17) is 28.3 Å². The van der Waals surface area contributed by atoms with Crippen LogP contribution in [0.3, 0.4) is 0 Å². The number of rotatable bonds is 8. The molecule has 1 aromatic carbocycles. The van der Waals surface area contributed by atoms with Gasteiger partial charge >= 0.3 is 5.97 Å². The first-order chi connectivity index (χ1) is 24.8. The minimum atomic E-state index is -2.98. The molecule has 12 nitrogen and oxygen atoms in total. The van der Waals surface area contributed by atoms with Crippen molar-refractivity contribution in [2.45, 2.75) is 81.8 Å². The van der Waals surface area contributed by atoms with Crippen molar-refractivity contribution in [3.8, 4) is 17.7 Å². The summed E-state index contributed by atoms with van der Waals surface area (Å²) >= 11 is 0. The second-order valence-electron chi connectivity index (χ2n) is 13.6. The number of carboxylic acid groups (broad SMARTS) is 1. The summed E-state index contributed by atoms with van der Waals surface area (Å²) in [6, 6.07) is 7.69. The van der Waals surface area contributed by atoms with Gasteiger partial charge in [-0.05, 0) is 50.8 Å². The predicted octanol–water partition coefficient (Wildman–Crippen LogP) is 5.51. The Bertz CT molecular complexity index is 1990. The van der Waals surface area contributed by atoms with E-state index in [0.29, 0.717) is 55.3 Å². The first-order valence-corrected chi connectivity index (χ1v) is 17.5. The number of carbonyl (C=O) groups is 1. The Hall–Kier alpha value is -4.58. The molecular weight excluding hydrogens is 664 g/mol. The van der Waals surface area contributed by atoms with Gasteiger partial charge in [-0.1, -0.05) is 24.0 Å². The standard InChI is InChI=1S/C37H39F2N5O7/c1-22-37(20-47-21-37)49-15-13-43(22)27-16-23(8-2-3-9-24-10-6-7-14-48-24)18-40-35(27)50-25-17-28(36(45)46)44(19-25)34-31-30(41-33(42-34)32(38)39)26-11-4-5-12-29(26)51-31/h4-5,11-12,16,18,22,24-25,28,32H,3,6-7,9-10,13-15,17,19-21H2,1H3,(H,45,46)/t22-,24?,25-,28-/m0/s1. The van der Waals surface area contributed by atoms with Crippen LogP contribution in [0.1, 0.15) is 63.3 Å². The maximum Gasteiger partial charge on any atom is 0.326 e. The van der Waals surface area contributed by atoms with Gasteiger partial charge in [0.1, 0.15) is 34.5 Å². The summed E-state index contributed by atoms with van der Waals surface area (Å²) in [6.07, 6.45) is 3.25. The highest BCUT2D eigenvalue weighted by atomic mass is 19.3. The number of pyridine rings is 1. The summed E-state index contributed by atoms with van der Waals surface area (Å²) in [5.41, 5.74) is 1.75. The number of aromatic nitrogens is 3. The summed E-state index contributed by atoms with van der Waals surface area (Å²) in [7, 11) is 0. The zero-order chi connectivity index (χ0) is 35.1. The highest BCUT2D eigenvalue weighted by molar-refractivity contribution is 6.06. The van der Waals surface area contributed by atoms with Crippen molar-refractivity contribution in [2.24, 2.45) is 0 Å². The molecule has 4 aromatic rings. The SMILES string of the molecule is C[C@@H]1N(c2cc(C#CCCC3CCCCO3)cnc2O[C@H]2C[C@@H](C(=O)O)N(c3nc(C(F)F)nc4c3oc3ccccc34)C2)CCOC12COC2.